The largest absolute Gasteiger partial charge is 0.399 e. The third-order valence-electron chi connectivity index (χ3n) is 1.66. The van der Waals surface area contributed by atoms with Crippen molar-refractivity contribution in [1.82, 2.24) is 0 Å². The van der Waals surface area contributed by atoms with Crippen molar-refractivity contribution in [3.63, 3.8) is 0 Å². The van der Waals surface area contributed by atoms with Crippen molar-refractivity contribution in [3.05, 3.63) is 42.0 Å². The van der Waals surface area contributed by atoms with Crippen LogP contribution in [0.5, 0.6) is 0 Å². The van der Waals surface area contributed by atoms with Crippen molar-refractivity contribution in [2.45, 2.75) is 0 Å². The second-order valence-electron chi connectivity index (χ2n) is 2.69. The summed E-state index contributed by atoms with van der Waals surface area (Å²) >= 11 is 2.12. The van der Waals surface area contributed by atoms with Crippen LogP contribution in [0.4, 0.5) is 5.69 Å². The van der Waals surface area contributed by atoms with Crippen molar-refractivity contribution < 1.29 is 4.79 Å². The summed E-state index contributed by atoms with van der Waals surface area (Å²) in [5.74, 6) is -0.00519. The first kappa shape index (κ1) is 10.2. The van der Waals surface area contributed by atoms with E-state index < -0.39 is 0 Å². The first-order valence-corrected chi connectivity index (χ1v) is 5.31. The molecule has 0 amide bonds. The number of Topliss-reactive ketones (excluding diaryl/α,β-unsaturated/α-hetero) is 1. The van der Waals surface area contributed by atoms with Crippen LogP contribution in [0.25, 0.3) is 0 Å². The number of carbonyl (C=O) groups is 1. The molecule has 0 heterocycles. The van der Waals surface area contributed by atoms with Gasteiger partial charge in [-0.2, -0.15) is 0 Å². The van der Waals surface area contributed by atoms with E-state index in [4.69, 9.17) is 5.73 Å². The molecule has 2 N–H and O–H groups in total. The molecule has 0 saturated carbocycles. The van der Waals surface area contributed by atoms with Gasteiger partial charge in [0.1, 0.15) is 0 Å². The Labute approximate surface area is 91.0 Å². The van der Waals surface area contributed by atoms with E-state index in [1.54, 1.807) is 24.3 Å². The van der Waals surface area contributed by atoms with Crippen LogP contribution in [0.2, 0.25) is 0 Å². The highest BCUT2D eigenvalue weighted by Crippen LogP contribution is 2.11. The minimum absolute atomic E-state index is 0.00519. The van der Waals surface area contributed by atoms with Gasteiger partial charge in [0.05, 0.1) is 0 Å². The summed E-state index contributed by atoms with van der Waals surface area (Å²) in [6.07, 6.45) is 0. The van der Waals surface area contributed by atoms with Crippen LogP contribution in [0.3, 0.4) is 0 Å². The molecule has 68 valence electrons. The Bertz CT molecular complexity index is 329. The molecular weight excluding hydrogens is 277 g/mol. The molecule has 0 radical (unpaired) electrons. The van der Waals surface area contributed by atoms with E-state index in [1.165, 1.54) is 0 Å². The van der Waals surface area contributed by atoms with Gasteiger partial charge >= 0.3 is 0 Å². The summed E-state index contributed by atoms with van der Waals surface area (Å²) in [5.41, 5.74) is 7.43. The molecule has 0 aliphatic heterocycles. The number of nitrogens with two attached hydrogens (primary N) is 1. The Morgan fingerprint density at radius 1 is 1.38 bits per heavy atom. The van der Waals surface area contributed by atoms with Gasteiger partial charge in [0.2, 0.25) is 0 Å². The molecule has 0 saturated heterocycles. The number of alkyl halides is 1. The number of carbonyl (C=O) groups excluding carboxylic acids is 1. The number of anilines is 1. The molecule has 0 bridgehead atoms. The van der Waals surface area contributed by atoms with E-state index in [-0.39, 0.29) is 5.78 Å². The number of ketones is 1. The minimum Gasteiger partial charge on any atom is -0.399 e. The van der Waals surface area contributed by atoms with Gasteiger partial charge in [0, 0.05) is 21.3 Å². The maximum absolute atomic E-state index is 11.5. The Morgan fingerprint density at radius 2 is 1.92 bits per heavy atom. The van der Waals surface area contributed by atoms with Crippen molar-refractivity contribution >= 4 is 34.1 Å². The topological polar surface area (TPSA) is 43.1 Å². The molecule has 0 spiro atoms. The molecule has 3 heteroatoms. The van der Waals surface area contributed by atoms with Crippen molar-refractivity contribution in [2.75, 3.05) is 10.2 Å². The molecule has 13 heavy (non-hydrogen) atoms. The Morgan fingerprint density at radius 3 is 2.38 bits per heavy atom. The molecule has 1 aromatic rings. The lowest BCUT2D eigenvalue weighted by Gasteiger charge is -2.01. The highest BCUT2D eigenvalue weighted by atomic mass is 127. The van der Waals surface area contributed by atoms with E-state index in [2.05, 4.69) is 29.2 Å². The fourth-order valence-corrected chi connectivity index (χ4v) is 1.25. The summed E-state index contributed by atoms with van der Waals surface area (Å²) in [6.45, 7) is 3.68. The van der Waals surface area contributed by atoms with Crippen LogP contribution < -0.4 is 5.73 Å². The Kier molecular flexibility index (Phi) is 3.48. The molecule has 0 aliphatic carbocycles. The van der Waals surface area contributed by atoms with Gasteiger partial charge in [0.25, 0.3) is 0 Å². The molecule has 0 fully saturated rings. The standard InChI is InChI=1S/C10H10INO/c1-7(6-11)10(13)8-2-4-9(12)5-3-8/h2-5H,1,6,12H2. The van der Waals surface area contributed by atoms with Crippen molar-refractivity contribution in [1.29, 1.82) is 0 Å². The third-order valence-corrected chi connectivity index (χ3v) is 2.58. The highest BCUT2D eigenvalue weighted by molar-refractivity contribution is 14.1. The first-order chi connectivity index (χ1) is 6.15. The van der Waals surface area contributed by atoms with Crippen molar-refractivity contribution in [2.24, 2.45) is 0 Å². The van der Waals surface area contributed by atoms with Crippen molar-refractivity contribution in [3.8, 4) is 0 Å². The maximum Gasteiger partial charge on any atom is 0.189 e. The number of halogens is 1. The molecule has 0 aromatic heterocycles. The van der Waals surface area contributed by atoms with Crippen LogP contribution in [0, 0.1) is 0 Å². The minimum atomic E-state index is -0.00519. The zero-order valence-corrected chi connectivity index (χ0v) is 9.24. The van der Waals surface area contributed by atoms with Gasteiger partial charge < -0.3 is 5.73 Å². The maximum atomic E-state index is 11.5. The predicted molar refractivity (Wildman–Crippen MR) is 63.2 cm³/mol. The smallest absolute Gasteiger partial charge is 0.189 e. The monoisotopic (exact) mass is 287 g/mol. The van der Waals surface area contributed by atoms with Gasteiger partial charge in [0.15, 0.2) is 5.78 Å². The number of benzene rings is 1. The van der Waals surface area contributed by atoms with Crippen LogP contribution in [0.15, 0.2) is 36.4 Å². The number of nitrogen functional groups attached to an aromatic ring is 1. The van der Waals surface area contributed by atoms with Gasteiger partial charge in [-0.1, -0.05) is 29.2 Å². The highest BCUT2D eigenvalue weighted by Gasteiger charge is 2.07. The van der Waals surface area contributed by atoms with E-state index >= 15 is 0 Å². The summed E-state index contributed by atoms with van der Waals surface area (Å²) in [7, 11) is 0. The zero-order chi connectivity index (χ0) is 9.84. The van der Waals surface area contributed by atoms with Gasteiger partial charge in [-0.3, -0.25) is 4.79 Å². The van der Waals surface area contributed by atoms with E-state index in [0.717, 1.165) is 0 Å². The zero-order valence-electron chi connectivity index (χ0n) is 7.09. The van der Waals surface area contributed by atoms with E-state index in [1.807, 2.05) is 0 Å². The molecular formula is C10H10INO. The quantitative estimate of drug-likeness (QED) is 0.305. The normalized spacial score (nSPS) is 9.62. The van der Waals surface area contributed by atoms with Crippen LogP contribution in [-0.2, 0) is 0 Å². The Balaban J connectivity index is 2.90. The summed E-state index contributed by atoms with van der Waals surface area (Å²) < 4.78 is 0.654. The van der Waals surface area contributed by atoms with Gasteiger partial charge in [-0.05, 0) is 24.3 Å². The molecule has 1 rings (SSSR count). The van der Waals surface area contributed by atoms with Gasteiger partial charge in [-0.25, -0.2) is 0 Å². The fraction of sp³-hybridized carbons (Fsp3) is 0.100. The molecule has 1 aromatic carbocycles. The number of rotatable bonds is 3. The third kappa shape index (κ3) is 2.55. The second kappa shape index (κ2) is 4.41. The molecule has 0 unspecified atom stereocenters. The van der Waals surface area contributed by atoms with Gasteiger partial charge in [-0.15, -0.1) is 0 Å². The number of hydrogen-bond donors (Lipinski definition) is 1. The molecule has 2 nitrogen and oxygen atoms in total. The summed E-state index contributed by atoms with van der Waals surface area (Å²) in [4.78, 5) is 11.5. The molecule has 0 aliphatic rings. The summed E-state index contributed by atoms with van der Waals surface area (Å²) in [5, 5.41) is 0. The predicted octanol–water partition coefficient (Wildman–Crippen LogP) is 2.44. The lowest BCUT2D eigenvalue weighted by atomic mass is 10.1. The van der Waals surface area contributed by atoms with E-state index in [0.29, 0.717) is 21.3 Å². The molecule has 0 atom stereocenters. The lowest BCUT2D eigenvalue weighted by molar-refractivity contribution is 0.103. The number of allylic oxidation sites excluding steroid dienone is 1. The SMILES string of the molecule is C=C(CI)C(=O)c1ccc(N)cc1. The Hall–Kier alpha value is -0.840. The van der Waals surface area contributed by atoms with E-state index in [9.17, 15) is 4.79 Å². The van der Waals surface area contributed by atoms with Crippen LogP contribution >= 0.6 is 22.6 Å². The van der Waals surface area contributed by atoms with Crippen LogP contribution in [0.1, 0.15) is 10.4 Å². The fourth-order valence-electron chi connectivity index (χ4n) is 0.899. The van der Waals surface area contributed by atoms with Crippen LogP contribution in [-0.4, -0.2) is 10.2 Å². The number of hydrogen-bond acceptors (Lipinski definition) is 2. The average Bonchev–Trinajstić information content (AvgIpc) is 2.17. The first-order valence-electron chi connectivity index (χ1n) is 3.79. The summed E-state index contributed by atoms with van der Waals surface area (Å²) in [6, 6.07) is 6.87. The average molecular weight is 287 g/mol. The second-order valence-corrected chi connectivity index (χ2v) is 3.45. The lowest BCUT2D eigenvalue weighted by Crippen LogP contribution is -2.03.